The fourth-order valence-corrected chi connectivity index (χ4v) is 5.31. The van der Waals surface area contributed by atoms with Gasteiger partial charge in [0.05, 0.1) is 18.3 Å². The third kappa shape index (κ3) is 4.11. The lowest BCUT2D eigenvalue weighted by Crippen LogP contribution is -2.55. The molecule has 2 saturated heterocycles. The van der Waals surface area contributed by atoms with Gasteiger partial charge in [-0.15, -0.1) is 0 Å². The molecule has 0 atom stereocenters. The SMILES string of the molecule is Cc1nc(N2CC3(CCN(C(=O)CO)CC3)N(Cc3cccc(F)c3C)C2=O)ccc1-c1cn[nH]c1. The lowest BCUT2D eigenvalue weighted by atomic mass is 9.86. The number of H-pyrrole nitrogens is 1. The Kier molecular flexibility index (Phi) is 6.21. The van der Waals surface area contributed by atoms with E-state index in [0.29, 0.717) is 43.9 Å². The molecule has 0 unspecified atom stereocenters. The van der Waals surface area contributed by atoms with Crippen LogP contribution in [0.5, 0.6) is 0 Å². The molecule has 2 fully saturated rings. The van der Waals surface area contributed by atoms with Gasteiger partial charge >= 0.3 is 6.03 Å². The van der Waals surface area contributed by atoms with E-state index in [9.17, 15) is 19.1 Å². The van der Waals surface area contributed by atoms with Crippen LogP contribution in [-0.4, -0.2) is 73.8 Å². The molecular weight excluding hydrogens is 463 g/mol. The van der Waals surface area contributed by atoms with Crippen LogP contribution >= 0.6 is 0 Å². The van der Waals surface area contributed by atoms with Crippen molar-refractivity contribution in [3.8, 4) is 11.1 Å². The highest BCUT2D eigenvalue weighted by Gasteiger charge is 2.52. The van der Waals surface area contributed by atoms with Gasteiger partial charge in [-0.05, 0) is 56.0 Å². The minimum atomic E-state index is -0.541. The van der Waals surface area contributed by atoms with Crippen molar-refractivity contribution in [3.63, 3.8) is 0 Å². The maximum Gasteiger partial charge on any atom is 0.326 e. The van der Waals surface area contributed by atoms with Crippen LogP contribution in [0, 0.1) is 19.7 Å². The Hall–Kier alpha value is -3.79. The molecule has 36 heavy (non-hydrogen) atoms. The second kappa shape index (κ2) is 9.34. The smallest absolute Gasteiger partial charge is 0.326 e. The third-order valence-electron chi connectivity index (χ3n) is 7.53. The lowest BCUT2D eigenvalue weighted by molar-refractivity contribution is -0.136. The molecule has 2 aromatic heterocycles. The molecule has 0 bridgehead atoms. The molecule has 0 radical (unpaired) electrons. The number of aryl methyl sites for hydroxylation is 1. The van der Waals surface area contributed by atoms with Gasteiger partial charge in [-0.2, -0.15) is 5.10 Å². The Morgan fingerprint density at radius 1 is 1.19 bits per heavy atom. The predicted molar refractivity (Wildman–Crippen MR) is 132 cm³/mol. The van der Waals surface area contributed by atoms with Gasteiger partial charge in [0, 0.05) is 42.7 Å². The average molecular weight is 493 g/mol. The van der Waals surface area contributed by atoms with Crippen LogP contribution in [0.25, 0.3) is 11.1 Å². The van der Waals surface area contributed by atoms with Crippen molar-refractivity contribution in [2.75, 3.05) is 31.1 Å². The number of aliphatic hydroxyl groups is 1. The number of carbonyl (C=O) groups excluding carboxylic acids is 2. The summed E-state index contributed by atoms with van der Waals surface area (Å²) in [6.45, 7) is 4.64. The number of nitrogens with zero attached hydrogens (tertiary/aromatic N) is 5. The number of aromatic amines is 1. The second-order valence-electron chi connectivity index (χ2n) is 9.53. The molecule has 2 aliphatic rings. The molecule has 2 aliphatic heterocycles. The molecule has 188 valence electrons. The summed E-state index contributed by atoms with van der Waals surface area (Å²) < 4.78 is 14.3. The fraction of sp³-hybridized carbons (Fsp3) is 0.385. The maximum atomic E-state index is 14.3. The standard InChI is InChI=1S/C26H29FN6O3/c1-17-19(4-3-5-22(17)27)14-33-25(36)32(16-26(33)8-10-31(11-9-26)24(35)15-34)23-7-6-21(18(2)30-23)20-12-28-29-13-20/h3-7,12-13,34H,8-11,14-16H2,1-2H3,(H,28,29). The summed E-state index contributed by atoms with van der Waals surface area (Å²) in [6, 6.07) is 8.50. The molecular formula is C26H29FN6O3. The van der Waals surface area contributed by atoms with Gasteiger partial charge in [0.15, 0.2) is 0 Å². The normalized spacial score (nSPS) is 17.3. The summed E-state index contributed by atoms with van der Waals surface area (Å²) in [4.78, 5) is 35.8. The molecule has 3 amide bonds. The van der Waals surface area contributed by atoms with E-state index in [1.165, 1.54) is 6.07 Å². The molecule has 5 rings (SSSR count). The van der Waals surface area contributed by atoms with Gasteiger partial charge < -0.3 is 14.9 Å². The van der Waals surface area contributed by atoms with Gasteiger partial charge in [0.25, 0.3) is 0 Å². The number of carbonyl (C=O) groups is 2. The highest BCUT2D eigenvalue weighted by Crippen LogP contribution is 2.40. The quantitative estimate of drug-likeness (QED) is 0.570. The Morgan fingerprint density at radius 2 is 1.97 bits per heavy atom. The molecule has 10 heteroatoms. The van der Waals surface area contributed by atoms with Crippen molar-refractivity contribution in [2.45, 2.75) is 38.8 Å². The third-order valence-corrected chi connectivity index (χ3v) is 7.53. The van der Waals surface area contributed by atoms with E-state index in [1.54, 1.807) is 35.2 Å². The van der Waals surface area contributed by atoms with E-state index < -0.39 is 12.1 Å². The number of pyridine rings is 1. The molecule has 1 spiro atoms. The molecule has 1 aromatic carbocycles. The van der Waals surface area contributed by atoms with Crippen LogP contribution in [-0.2, 0) is 11.3 Å². The topological polar surface area (TPSA) is 106 Å². The van der Waals surface area contributed by atoms with Crippen LogP contribution in [0.3, 0.4) is 0 Å². The molecule has 9 nitrogen and oxygen atoms in total. The van der Waals surface area contributed by atoms with Crippen LogP contribution < -0.4 is 4.90 Å². The Labute approximate surface area is 208 Å². The summed E-state index contributed by atoms with van der Waals surface area (Å²) in [5.74, 6) is -0.0670. The van der Waals surface area contributed by atoms with Crippen molar-refractivity contribution in [3.05, 3.63) is 65.4 Å². The summed E-state index contributed by atoms with van der Waals surface area (Å²) >= 11 is 0. The number of nitrogens with one attached hydrogen (secondary N) is 1. The van der Waals surface area contributed by atoms with E-state index in [4.69, 9.17) is 4.98 Å². The number of hydrogen-bond donors (Lipinski definition) is 2. The van der Waals surface area contributed by atoms with Gasteiger partial charge in [0.1, 0.15) is 18.2 Å². The van der Waals surface area contributed by atoms with Gasteiger partial charge in [-0.25, -0.2) is 14.2 Å². The zero-order chi connectivity index (χ0) is 25.4. The first kappa shape index (κ1) is 23.9. The first-order valence-electron chi connectivity index (χ1n) is 12.0. The number of likely N-dealkylation sites (tertiary alicyclic amines) is 1. The largest absolute Gasteiger partial charge is 0.387 e. The number of benzene rings is 1. The zero-order valence-electron chi connectivity index (χ0n) is 20.4. The van der Waals surface area contributed by atoms with Crippen molar-refractivity contribution >= 4 is 17.8 Å². The monoisotopic (exact) mass is 492 g/mol. The molecule has 4 heterocycles. The Balaban J connectivity index is 1.48. The Morgan fingerprint density at radius 3 is 2.64 bits per heavy atom. The molecule has 3 aromatic rings. The fourth-order valence-electron chi connectivity index (χ4n) is 5.31. The predicted octanol–water partition coefficient (Wildman–Crippen LogP) is 3.02. The molecule has 2 N–H and O–H groups in total. The first-order valence-corrected chi connectivity index (χ1v) is 12.0. The molecule has 0 aliphatic carbocycles. The van der Waals surface area contributed by atoms with Gasteiger partial charge in [-0.1, -0.05) is 12.1 Å². The number of rotatable bonds is 5. The number of urea groups is 1. The molecule has 0 saturated carbocycles. The minimum absolute atomic E-state index is 0.191. The van der Waals surface area contributed by atoms with Crippen molar-refractivity contribution in [1.82, 2.24) is 25.0 Å². The van der Waals surface area contributed by atoms with Crippen LogP contribution in [0.4, 0.5) is 15.0 Å². The number of anilines is 1. The number of halogens is 1. The van der Waals surface area contributed by atoms with Crippen LogP contribution in [0.2, 0.25) is 0 Å². The summed E-state index contributed by atoms with van der Waals surface area (Å²) in [5.41, 5.74) is 3.35. The highest BCUT2D eigenvalue weighted by atomic mass is 19.1. The van der Waals surface area contributed by atoms with Gasteiger partial charge in [0.2, 0.25) is 5.91 Å². The number of hydrogen-bond acceptors (Lipinski definition) is 5. The van der Waals surface area contributed by atoms with Crippen molar-refractivity contribution in [1.29, 1.82) is 0 Å². The van der Waals surface area contributed by atoms with Crippen LogP contribution in [0.15, 0.2) is 42.7 Å². The summed E-state index contributed by atoms with van der Waals surface area (Å²) in [6.07, 6.45) is 4.64. The van der Waals surface area contributed by atoms with E-state index in [0.717, 1.165) is 22.4 Å². The summed E-state index contributed by atoms with van der Waals surface area (Å²) in [5, 5.41) is 16.1. The van der Waals surface area contributed by atoms with E-state index in [2.05, 4.69) is 10.2 Å². The number of aromatic nitrogens is 3. The Bertz CT molecular complexity index is 1290. The van der Waals surface area contributed by atoms with E-state index in [-0.39, 0.29) is 24.3 Å². The van der Waals surface area contributed by atoms with E-state index in [1.807, 2.05) is 30.0 Å². The maximum absolute atomic E-state index is 14.3. The van der Waals surface area contributed by atoms with Crippen molar-refractivity contribution < 1.29 is 19.1 Å². The lowest BCUT2D eigenvalue weighted by Gasteiger charge is -2.43. The minimum Gasteiger partial charge on any atom is -0.387 e. The van der Waals surface area contributed by atoms with E-state index >= 15 is 0 Å². The average Bonchev–Trinajstić information content (AvgIpc) is 3.50. The first-order chi connectivity index (χ1) is 17.3. The van der Waals surface area contributed by atoms with Gasteiger partial charge in [-0.3, -0.25) is 14.8 Å². The van der Waals surface area contributed by atoms with Crippen molar-refractivity contribution in [2.24, 2.45) is 0 Å². The zero-order valence-corrected chi connectivity index (χ0v) is 20.4. The number of aliphatic hydroxyl groups excluding tert-OH is 1. The number of piperidine rings is 1. The second-order valence-corrected chi connectivity index (χ2v) is 9.53. The summed E-state index contributed by atoms with van der Waals surface area (Å²) in [7, 11) is 0. The number of amides is 3. The van der Waals surface area contributed by atoms with Crippen LogP contribution in [0.1, 0.15) is 29.7 Å². The highest BCUT2D eigenvalue weighted by molar-refractivity contribution is 5.95.